The highest BCUT2D eigenvalue weighted by Crippen LogP contribution is 2.52. The van der Waals surface area contributed by atoms with Crippen LogP contribution in [0.5, 0.6) is 0 Å². The fraction of sp³-hybridized carbons (Fsp3) is 0.556. The molecule has 0 spiro atoms. The average Bonchev–Trinajstić information content (AvgIpc) is 3.14. The van der Waals surface area contributed by atoms with Crippen molar-refractivity contribution in [2.24, 2.45) is 17.8 Å². The molecule has 0 aliphatic heterocycles. The number of hydrogen-bond acceptors (Lipinski definition) is 2. The molecule has 1 N–H and O–H groups in total. The first-order valence-corrected chi connectivity index (χ1v) is 7.92. The summed E-state index contributed by atoms with van der Waals surface area (Å²) in [4.78, 5) is 0. The van der Waals surface area contributed by atoms with Crippen LogP contribution >= 0.6 is 0 Å². The largest absolute Gasteiger partial charge is 0.459 e. The van der Waals surface area contributed by atoms with Crippen LogP contribution in [0.25, 0.3) is 11.0 Å². The van der Waals surface area contributed by atoms with Crippen molar-refractivity contribution in [3.8, 4) is 0 Å². The van der Waals surface area contributed by atoms with E-state index in [1.54, 1.807) is 0 Å². The van der Waals surface area contributed by atoms with Crippen molar-refractivity contribution in [1.29, 1.82) is 0 Å². The monoisotopic (exact) mass is 269 g/mol. The van der Waals surface area contributed by atoms with Gasteiger partial charge in [-0.3, -0.25) is 0 Å². The molecule has 2 fully saturated rings. The van der Waals surface area contributed by atoms with Gasteiger partial charge in [0.05, 0.1) is 6.04 Å². The highest BCUT2D eigenvalue weighted by molar-refractivity contribution is 5.81. The van der Waals surface area contributed by atoms with Crippen LogP contribution in [0.3, 0.4) is 0 Å². The molecule has 1 heterocycles. The summed E-state index contributed by atoms with van der Waals surface area (Å²) in [5.74, 6) is 3.78. The molecule has 2 saturated carbocycles. The first-order chi connectivity index (χ1) is 9.76. The van der Waals surface area contributed by atoms with Crippen LogP contribution in [0, 0.1) is 24.7 Å². The molecule has 4 atom stereocenters. The van der Waals surface area contributed by atoms with E-state index in [1.807, 2.05) is 0 Å². The topological polar surface area (TPSA) is 25.2 Å². The van der Waals surface area contributed by atoms with E-state index in [-0.39, 0.29) is 0 Å². The summed E-state index contributed by atoms with van der Waals surface area (Å²) in [6.45, 7) is 2.13. The second-order valence-electron chi connectivity index (χ2n) is 6.75. The van der Waals surface area contributed by atoms with Gasteiger partial charge in [-0.05, 0) is 62.6 Å². The van der Waals surface area contributed by atoms with Gasteiger partial charge in [-0.25, -0.2) is 0 Å². The van der Waals surface area contributed by atoms with Gasteiger partial charge in [0, 0.05) is 5.39 Å². The van der Waals surface area contributed by atoms with E-state index in [0.29, 0.717) is 6.04 Å². The predicted molar refractivity (Wildman–Crippen MR) is 81.7 cm³/mol. The minimum absolute atomic E-state index is 0.386. The van der Waals surface area contributed by atoms with Crippen molar-refractivity contribution in [2.75, 3.05) is 7.05 Å². The zero-order chi connectivity index (χ0) is 13.7. The maximum atomic E-state index is 6.21. The van der Waals surface area contributed by atoms with Crippen molar-refractivity contribution < 1.29 is 4.42 Å². The lowest BCUT2D eigenvalue weighted by molar-refractivity contribution is 0.237. The molecule has 2 nitrogen and oxygen atoms in total. The fourth-order valence-electron chi connectivity index (χ4n) is 4.65. The molecule has 2 heteroatoms. The Kier molecular flexibility index (Phi) is 2.88. The first-order valence-electron chi connectivity index (χ1n) is 7.92. The lowest BCUT2D eigenvalue weighted by atomic mass is 9.82. The van der Waals surface area contributed by atoms with E-state index < -0.39 is 0 Å². The van der Waals surface area contributed by atoms with Crippen molar-refractivity contribution in [1.82, 2.24) is 5.32 Å². The Morgan fingerprint density at radius 2 is 2.15 bits per heavy atom. The predicted octanol–water partition coefficient (Wildman–Crippen LogP) is 4.44. The van der Waals surface area contributed by atoms with Crippen LogP contribution in [0.1, 0.15) is 43.0 Å². The molecule has 4 unspecified atom stereocenters. The zero-order valence-electron chi connectivity index (χ0n) is 12.4. The number of fused-ring (bicyclic) bond motifs is 3. The van der Waals surface area contributed by atoms with Crippen molar-refractivity contribution in [2.45, 2.75) is 38.6 Å². The molecule has 0 saturated heterocycles. The van der Waals surface area contributed by atoms with Crippen LogP contribution in [0.15, 0.2) is 28.7 Å². The summed E-state index contributed by atoms with van der Waals surface area (Å²) in [5.41, 5.74) is 2.29. The zero-order valence-corrected chi connectivity index (χ0v) is 12.4. The van der Waals surface area contributed by atoms with Crippen molar-refractivity contribution >= 4 is 11.0 Å². The molecule has 2 aliphatic carbocycles. The van der Waals surface area contributed by atoms with Gasteiger partial charge < -0.3 is 9.73 Å². The molecule has 2 aromatic rings. The summed E-state index contributed by atoms with van der Waals surface area (Å²) >= 11 is 0. The van der Waals surface area contributed by atoms with Crippen LogP contribution in [0.2, 0.25) is 0 Å². The second-order valence-corrected chi connectivity index (χ2v) is 6.75. The molecular formula is C18H23NO. The van der Waals surface area contributed by atoms with E-state index in [4.69, 9.17) is 4.42 Å². The lowest BCUT2D eigenvalue weighted by Gasteiger charge is -2.28. The summed E-state index contributed by atoms with van der Waals surface area (Å²) in [7, 11) is 2.08. The van der Waals surface area contributed by atoms with Crippen molar-refractivity contribution in [3.05, 3.63) is 35.6 Å². The van der Waals surface area contributed by atoms with Crippen LogP contribution in [-0.2, 0) is 0 Å². The number of hydrogen-bond donors (Lipinski definition) is 1. The quantitative estimate of drug-likeness (QED) is 0.891. The molecule has 1 aromatic heterocycles. The number of benzene rings is 1. The lowest BCUT2D eigenvalue weighted by Crippen LogP contribution is -2.28. The smallest absolute Gasteiger partial charge is 0.137 e. The Hall–Kier alpha value is -1.28. The standard InChI is InChI=1S/C18H23NO/c1-11-4-3-5-14-10-16(20-18(11)14)17(19-2)15-9-12-6-7-13(15)8-12/h3-5,10,12-13,15,17,19H,6-9H2,1-2H3. The summed E-state index contributed by atoms with van der Waals surface area (Å²) in [5, 5.41) is 4.77. The molecule has 2 bridgehead atoms. The molecule has 4 rings (SSSR count). The Balaban J connectivity index is 1.71. The Labute approximate surface area is 120 Å². The molecule has 1 aromatic carbocycles. The number of nitrogens with one attached hydrogen (secondary N) is 1. The van der Waals surface area contributed by atoms with Gasteiger partial charge in [0.2, 0.25) is 0 Å². The number of rotatable bonds is 3. The molecule has 0 radical (unpaired) electrons. The first kappa shape index (κ1) is 12.5. The third-order valence-electron chi connectivity index (χ3n) is 5.60. The van der Waals surface area contributed by atoms with E-state index in [1.165, 1.54) is 36.6 Å². The highest BCUT2D eigenvalue weighted by Gasteiger charge is 2.43. The van der Waals surface area contributed by atoms with Crippen LogP contribution in [0.4, 0.5) is 0 Å². The number of furan rings is 1. The van der Waals surface area contributed by atoms with Crippen molar-refractivity contribution in [3.63, 3.8) is 0 Å². The maximum absolute atomic E-state index is 6.21. The molecule has 106 valence electrons. The normalized spacial score (nSPS) is 30.2. The Bertz CT molecular complexity index is 629. The fourth-order valence-corrected chi connectivity index (χ4v) is 4.65. The van der Waals surface area contributed by atoms with Crippen LogP contribution < -0.4 is 5.32 Å². The van der Waals surface area contributed by atoms with Crippen LogP contribution in [-0.4, -0.2) is 7.05 Å². The number of aryl methyl sites for hydroxylation is 1. The van der Waals surface area contributed by atoms with Gasteiger partial charge in [0.25, 0.3) is 0 Å². The van der Waals surface area contributed by atoms with Gasteiger partial charge in [0.1, 0.15) is 11.3 Å². The van der Waals surface area contributed by atoms with Gasteiger partial charge in [-0.1, -0.05) is 24.6 Å². The highest BCUT2D eigenvalue weighted by atomic mass is 16.3. The van der Waals surface area contributed by atoms with Gasteiger partial charge in [0.15, 0.2) is 0 Å². The second kappa shape index (κ2) is 4.63. The third-order valence-corrected chi connectivity index (χ3v) is 5.60. The minimum Gasteiger partial charge on any atom is -0.459 e. The van der Waals surface area contributed by atoms with E-state index in [0.717, 1.165) is 29.1 Å². The minimum atomic E-state index is 0.386. The maximum Gasteiger partial charge on any atom is 0.137 e. The van der Waals surface area contributed by atoms with Gasteiger partial charge in [-0.2, -0.15) is 0 Å². The molecule has 0 amide bonds. The summed E-state index contributed by atoms with van der Waals surface area (Å²) < 4.78 is 6.21. The molecular weight excluding hydrogens is 246 g/mol. The Morgan fingerprint density at radius 1 is 1.25 bits per heavy atom. The SMILES string of the molecule is CNC(c1cc2cccc(C)c2o1)C1CC2CCC1C2. The molecule has 2 aliphatic rings. The van der Waals surface area contributed by atoms with E-state index in [2.05, 4.69) is 43.6 Å². The summed E-state index contributed by atoms with van der Waals surface area (Å²) in [6, 6.07) is 9.03. The third kappa shape index (κ3) is 1.81. The summed E-state index contributed by atoms with van der Waals surface area (Å²) in [6.07, 6.45) is 5.71. The Morgan fingerprint density at radius 3 is 2.80 bits per heavy atom. The van der Waals surface area contributed by atoms with E-state index in [9.17, 15) is 0 Å². The van der Waals surface area contributed by atoms with Gasteiger partial charge >= 0.3 is 0 Å². The van der Waals surface area contributed by atoms with E-state index >= 15 is 0 Å². The number of para-hydroxylation sites is 1. The molecule has 20 heavy (non-hydrogen) atoms. The average molecular weight is 269 g/mol. The van der Waals surface area contributed by atoms with Gasteiger partial charge in [-0.15, -0.1) is 0 Å².